The van der Waals surface area contributed by atoms with Crippen LogP contribution in [0.2, 0.25) is 5.02 Å². The van der Waals surface area contributed by atoms with Gasteiger partial charge in [0.2, 0.25) is 0 Å². The van der Waals surface area contributed by atoms with Gasteiger partial charge in [0.1, 0.15) is 0 Å². The van der Waals surface area contributed by atoms with Gasteiger partial charge in [0.05, 0.1) is 10.2 Å². The highest BCUT2D eigenvalue weighted by molar-refractivity contribution is 8.01. The number of aromatic nitrogens is 1. The van der Waals surface area contributed by atoms with Gasteiger partial charge in [0.25, 0.3) is 0 Å². The molecule has 1 aromatic carbocycles. The van der Waals surface area contributed by atoms with Crippen LogP contribution in [0.15, 0.2) is 22.5 Å². The third-order valence-corrected chi connectivity index (χ3v) is 5.81. The SMILES string of the molecule is Clc1ccc2sc(SCCN3CCCCC3)nc2c1. The minimum atomic E-state index is 0.766. The Kier molecular flexibility index (Phi) is 4.64. The van der Waals surface area contributed by atoms with E-state index in [1.165, 1.54) is 43.6 Å². The number of hydrogen-bond donors (Lipinski definition) is 0. The van der Waals surface area contributed by atoms with E-state index in [2.05, 4.69) is 16.0 Å². The zero-order chi connectivity index (χ0) is 13.1. The second-order valence-corrected chi connectivity index (χ2v) is 7.65. The van der Waals surface area contributed by atoms with Crippen molar-refractivity contribution in [3.63, 3.8) is 0 Å². The fourth-order valence-corrected chi connectivity index (χ4v) is 4.67. The maximum Gasteiger partial charge on any atom is 0.151 e. The molecule has 0 radical (unpaired) electrons. The standard InChI is InChI=1S/C14H17ClN2S2/c15-11-4-5-13-12(10-11)16-14(19-13)18-9-8-17-6-2-1-3-7-17/h4-5,10H,1-3,6-9H2. The van der Waals surface area contributed by atoms with Gasteiger partial charge >= 0.3 is 0 Å². The maximum absolute atomic E-state index is 5.98. The van der Waals surface area contributed by atoms with Gasteiger partial charge in [0.15, 0.2) is 4.34 Å². The van der Waals surface area contributed by atoms with Gasteiger partial charge < -0.3 is 4.90 Å². The molecule has 1 aliphatic rings. The normalized spacial score (nSPS) is 17.1. The van der Waals surface area contributed by atoms with E-state index in [1.807, 2.05) is 23.9 Å². The number of thioether (sulfide) groups is 1. The Morgan fingerprint density at radius 2 is 2.11 bits per heavy atom. The highest BCUT2D eigenvalue weighted by Crippen LogP contribution is 2.31. The topological polar surface area (TPSA) is 16.1 Å². The molecule has 0 aliphatic carbocycles. The summed E-state index contributed by atoms with van der Waals surface area (Å²) in [5, 5.41) is 0.766. The molecule has 2 heterocycles. The van der Waals surface area contributed by atoms with Crippen molar-refractivity contribution in [1.82, 2.24) is 9.88 Å². The molecule has 0 atom stereocenters. The predicted molar refractivity (Wildman–Crippen MR) is 85.6 cm³/mol. The molecule has 1 fully saturated rings. The molecule has 0 bridgehead atoms. The third-order valence-electron chi connectivity index (χ3n) is 3.41. The number of thiazole rings is 1. The van der Waals surface area contributed by atoms with Gasteiger partial charge in [-0.25, -0.2) is 4.98 Å². The number of nitrogens with zero attached hydrogens (tertiary/aromatic N) is 2. The zero-order valence-electron chi connectivity index (χ0n) is 10.8. The Morgan fingerprint density at radius 1 is 1.26 bits per heavy atom. The minimum absolute atomic E-state index is 0.766. The molecular weight excluding hydrogens is 296 g/mol. The zero-order valence-corrected chi connectivity index (χ0v) is 13.2. The van der Waals surface area contributed by atoms with Crippen molar-refractivity contribution >= 4 is 44.9 Å². The summed E-state index contributed by atoms with van der Waals surface area (Å²) in [6.45, 7) is 3.73. The third kappa shape index (κ3) is 3.63. The summed E-state index contributed by atoms with van der Waals surface area (Å²) >= 11 is 9.62. The van der Waals surface area contributed by atoms with E-state index in [9.17, 15) is 0 Å². The molecule has 19 heavy (non-hydrogen) atoms. The van der Waals surface area contributed by atoms with Crippen LogP contribution in [-0.4, -0.2) is 35.3 Å². The predicted octanol–water partition coefficient (Wildman–Crippen LogP) is 4.53. The van der Waals surface area contributed by atoms with Crippen LogP contribution in [0.1, 0.15) is 19.3 Å². The van der Waals surface area contributed by atoms with Crippen LogP contribution < -0.4 is 0 Å². The van der Waals surface area contributed by atoms with Crippen molar-refractivity contribution in [2.45, 2.75) is 23.6 Å². The van der Waals surface area contributed by atoms with Crippen molar-refractivity contribution in [1.29, 1.82) is 0 Å². The first kappa shape index (κ1) is 13.7. The first-order valence-corrected chi connectivity index (χ1v) is 8.90. The minimum Gasteiger partial charge on any atom is -0.303 e. The Bertz CT molecular complexity index is 549. The summed E-state index contributed by atoms with van der Waals surface area (Å²) in [5.41, 5.74) is 1.03. The van der Waals surface area contributed by atoms with Crippen molar-refractivity contribution in [2.75, 3.05) is 25.4 Å². The van der Waals surface area contributed by atoms with Crippen LogP contribution in [0.5, 0.6) is 0 Å². The lowest BCUT2D eigenvalue weighted by Gasteiger charge is -2.25. The summed E-state index contributed by atoms with van der Waals surface area (Å²) < 4.78 is 2.39. The van der Waals surface area contributed by atoms with E-state index in [-0.39, 0.29) is 0 Å². The van der Waals surface area contributed by atoms with E-state index in [0.717, 1.165) is 20.6 Å². The van der Waals surface area contributed by atoms with Crippen molar-refractivity contribution in [3.8, 4) is 0 Å². The van der Waals surface area contributed by atoms with Gasteiger partial charge in [-0.2, -0.15) is 0 Å². The van der Waals surface area contributed by atoms with Crippen molar-refractivity contribution < 1.29 is 0 Å². The summed E-state index contributed by atoms with van der Waals surface area (Å²) in [5.74, 6) is 1.13. The molecule has 0 amide bonds. The number of rotatable bonds is 4. The number of piperidine rings is 1. The molecule has 0 N–H and O–H groups in total. The number of likely N-dealkylation sites (tertiary alicyclic amines) is 1. The molecule has 1 aliphatic heterocycles. The van der Waals surface area contributed by atoms with Crippen LogP contribution >= 0.6 is 34.7 Å². The second kappa shape index (κ2) is 6.44. The molecule has 3 rings (SSSR count). The maximum atomic E-state index is 5.98. The van der Waals surface area contributed by atoms with E-state index in [1.54, 1.807) is 11.3 Å². The fourth-order valence-electron chi connectivity index (χ4n) is 2.39. The van der Waals surface area contributed by atoms with Gasteiger partial charge in [-0.15, -0.1) is 11.3 Å². The number of fused-ring (bicyclic) bond motifs is 1. The van der Waals surface area contributed by atoms with E-state index < -0.39 is 0 Å². The Balaban J connectivity index is 1.56. The molecule has 0 saturated carbocycles. The van der Waals surface area contributed by atoms with Crippen LogP contribution in [0.25, 0.3) is 10.2 Å². The summed E-state index contributed by atoms with van der Waals surface area (Å²) in [6.07, 6.45) is 4.14. The average molecular weight is 313 g/mol. The number of halogens is 1. The Labute approximate surface area is 127 Å². The molecule has 5 heteroatoms. The van der Waals surface area contributed by atoms with Gasteiger partial charge in [0, 0.05) is 17.3 Å². The number of benzene rings is 1. The van der Waals surface area contributed by atoms with Gasteiger partial charge in [-0.3, -0.25) is 0 Å². The average Bonchev–Trinajstić information content (AvgIpc) is 2.82. The highest BCUT2D eigenvalue weighted by Gasteiger charge is 2.10. The molecule has 0 unspecified atom stereocenters. The van der Waals surface area contributed by atoms with Crippen LogP contribution in [0.3, 0.4) is 0 Å². The van der Waals surface area contributed by atoms with Crippen molar-refractivity contribution in [2.24, 2.45) is 0 Å². The second-order valence-electron chi connectivity index (χ2n) is 4.84. The molecule has 2 aromatic rings. The molecule has 0 spiro atoms. The van der Waals surface area contributed by atoms with Gasteiger partial charge in [-0.1, -0.05) is 29.8 Å². The summed E-state index contributed by atoms with van der Waals surface area (Å²) in [7, 11) is 0. The number of hydrogen-bond acceptors (Lipinski definition) is 4. The lowest BCUT2D eigenvalue weighted by Crippen LogP contribution is -2.31. The smallest absolute Gasteiger partial charge is 0.151 e. The van der Waals surface area contributed by atoms with Crippen molar-refractivity contribution in [3.05, 3.63) is 23.2 Å². The van der Waals surface area contributed by atoms with E-state index in [4.69, 9.17) is 11.6 Å². The fraction of sp³-hybridized carbons (Fsp3) is 0.500. The largest absolute Gasteiger partial charge is 0.303 e. The Hall–Kier alpha value is -0.290. The molecule has 102 valence electrons. The van der Waals surface area contributed by atoms with Gasteiger partial charge in [-0.05, 0) is 44.1 Å². The lowest BCUT2D eigenvalue weighted by molar-refractivity contribution is 0.242. The van der Waals surface area contributed by atoms with Crippen LogP contribution in [-0.2, 0) is 0 Å². The monoisotopic (exact) mass is 312 g/mol. The first-order chi connectivity index (χ1) is 9.31. The molecule has 2 nitrogen and oxygen atoms in total. The van der Waals surface area contributed by atoms with E-state index >= 15 is 0 Å². The highest BCUT2D eigenvalue weighted by atomic mass is 35.5. The quantitative estimate of drug-likeness (QED) is 0.772. The summed E-state index contributed by atoms with van der Waals surface area (Å²) in [4.78, 5) is 7.20. The van der Waals surface area contributed by atoms with Crippen LogP contribution in [0.4, 0.5) is 0 Å². The first-order valence-electron chi connectivity index (χ1n) is 6.72. The lowest BCUT2D eigenvalue weighted by atomic mass is 10.1. The Morgan fingerprint density at radius 3 is 2.95 bits per heavy atom. The van der Waals surface area contributed by atoms with Crippen LogP contribution in [0, 0.1) is 0 Å². The molecule has 1 aromatic heterocycles. The molecule has 1 saturated heterocycles. The molecular formula is C14H17ClN2S2. The summed E-state index contributed by atoms with van der Waals surface area (Å²) in [6, 6.07) is 5.94. The van der Waals surface area contributed by atoms with E-state index in [0.29, 0.717) is 0 Å².